The lowest BCUT2D eigenvalue weighted by atomic mass is 9.80. The lowest BCUT2D eigenvalue weighted by molar-refractivity contribution is 0.304. The molecule has 2 unspecified atom stereocenters. The van der Waals surface area contributed by atoms with Gasteiger partial charge in [0.05, 0.1) is 0 Å². The topological polar surface area (TPSA) is 0 Å². The molecule has 3 rings (SSSR count). The Labute approximate surface area is 168 Å². The number of hydrogen-bond donors (Lipinski definition) is 0. The quantitative estimate of drug-likeness (QED) is 0.320. The second-order valence-corrected chi connectivity index (χ2v) is 9.04. The van der Waals surface area contributed by atoms with Gasteiger partial charge in [-0.3, -0.25) is 0 Å². The minimum absolute atomic E-state index is 0.634. The van der Waals surface area contributed by atoms with Gasteiger partial charge in [-0.15, -0.1) is 0 Å². The maximum Gasteiger partial charge on any atom is 0.00182 e. The van der Waals surface area contributed by atoms with E-state index in [0.717, 1.165) is 17.8 Å². The summed E-state index contributed by atoms with van der Waals surface area (Å²) in [6.45, 7) is 4.64. The van der Waals surface area contributed by atoms with Gasteiger partial charge in [-0.05, 0) is 73.8 Å². The summed E-state index contributed by atoms with van der Waals surface area (Å²) in [5.41, 5.74) is 2.87. The zero-order valence-electron chi connectivity index (χ0n) is 17.7. The van der Waals surface area contributed by atoms with Crippen molar-refractivity contribution in [2.24, 2.45) is 17.8 Å². The van der Waals surface area contributed by atoms with E-state index in [2.05, 4.69) is 62.4 Å². The molecule has 1 fully saturated rings. The van der Waals surface area contributed by atoms with Crippen molar-refractivity contribution >= 4 is 6.08 Å². The zero-order chi connectivity index (χ0) is 18.9. The highest BCUT2D eigenvalue weighted by Crippen LogP contribution is 2.33. The fourth-order valence-corrected chi connectivity index (χ4v) is 4.94. The minimum Gasteiger partial charge on any atom is -0.0848 e. The molecular weight excluding hydrogens is 324 g/mol. The normalized spacial score (nSPS) is 28.7. The Morgan fingerprint density at radius 1 is 0.852 bits per heavy atom. The standard InChI is InChI=1S/C27H40/c1-3-5-6-7-23-14-18-26(19-15-23)27-20-16-25(17-21-27)13-12-24-10-8-22(4-2)9-11-24/h12-14,16-18,20-24,26H,3-11,15,19H2,1-2H3. The van der Waals surface area contributed by atoms with E-state index in [1.165, 1.54) is 81.8 Å². The van der Waals surface area contributed by atoms with Crippen molar-refractivity contribution in [1.82, 2.24) is 0 Å². The molecule has 0 bridgehead atoms. The fourth-order valence-electron chi connectivity index (χ4n) is 4.94. The van der Waals surface area contributed by atoms with E-state index in [-0.39, 0.29) is 0 Å². The second-order valence-electron chi connectivity index (χ2n) is 9.04. The Hall–Kier alpha value is -1.30. The number of unbranched alkanes of at least 4 members (excludes halogenated alkanes) is 2. The molecule has 0 N–H and O–H groups in total. The third-order valence-electron chi connectivity index (χ3n) is 7.04. The molecule has 0 heterocycles. The monoisotopic (exact) mass is 364 g/mol. The van der Waals surface area contributed by atoms with Crippen molar-refractivity contribution in [3.8, 4) is 0 Å². The molecule has 0 saturated heterocycles. The second kappa shape index (κ2) is 10.9. The largest absolute Gasteiger partial charge is 0.0848 e. The minimum atomic E-state index is 0.634. The van der Waals surface area contributed by atoms with Gasteiger partial charge in [0, 0.05) is 5.92 Å². The molecule has 2 aliphatic rings. The average Bonchev–Trinajstić information content (AvgIpc) is 2.74. The molecule has 2 aliphatic carbocycles. The van der Waals surface area contributed by atoms with Crippen LogP contribution < -0.4 is 0 Å². The van der Waals surface area contributed by atoms with E-state index in [4.69, 9.17) is 0 Å². The SMILES string of the molecule is CCCCCC1C=CC(c2ccc(C=CC3CCC(CC)CC3)cc2)CC1. The van der Waals surface area contributed by atoms with Crippen molar-refractivity contribution in [2.45, 2.75) is 90.4 Å². The summed E-state index contributed by atoms with van der Waals surface area (Å²) in [6, 6.07) is 9.37. The third-order valence-corrected chi connectivity index (χ3v) is 7.04. The summed E-state index contributed by atoms with van der Waals surface area (Å²) in [6.07, 6.45) is 25.0. The molecule has 1 aromatic carbocycles. The van der Waals surface area contributed by atoms with Crippen LogP contribution >= 0.6 is 0 Å². The maximum absolute atomic E-state index is 2.50. The average molecular weight is 365 g/mol. The Kier molecular flexibility index (Phi) is 8.24. The molecule has 2 atom stereocenters. The van der Waals surface area contributed by atoms with Crippen molar-refractivity contribution in [1.29, 1.82) is 0 Å². The predicted molar refractivity (Wildman–Crippen MR) is 120 cm³/mol. The fraction of sp³-hybridized carbons (Fsp3) is 0.630. The smallest absolute Gasteiger partial charge is 0.00182 e. The van der Waals surface area contributed by atoms with E-state index in [9.17, 15) is 0 Å². The molecule has 1 saturated carbocycles. The lowest BCUT2D eigenvalue weighted by Gasteiger charge is -2.25. The first-order chi connectivity index (χ1) is 13.3. The first-order valence-corrected chi connectivity index (χ1v) is 11.7. The molecule has 0 heteroatoms. The molecular formula is C27H40. The van der Waals surface area contributed by atoms with Crippen LogP contribution in [-0.4, -0.2) is 0 Å². The van der Waals surface area contributed by atoms with Crippen LogP contribution in [0.15, 0.2) is 42.5 Å². The summed E-state index contributed by atoms with van der Waals surface area (Å²) >= 11 is 0. The molecule has 0 amide bonds. The van der Waals surface area contributed by atoms with Crippen LogP contribution in [-0.2, 0) is 0 Å². The Balaban J connectivity index is 1.48. The highest BCUT2D eigenvalue weighted by molar-refractivity contribution is 5.50. The van der Waals surface area contributed by atoms with Crippen LogP contribution in [0.4, 0.5) is 0 Å². The van der Waals surface area contributed by atoms with E-state index in [1.807, 2.05) is 0 Å². The summed E-state index contributed by atoms with van der Waals surface area (Å²) in [7, 11) is 0. The Morgan fingerprint density at radius 3 is 2.26 bits per heavy atom. The van der Waals surface area contributed by atoms with Crippen molar-refractivity contribution < 1.29 is 0 Å². The van der Waals surface area contributed by atoms with Gasteiger partial charge in [0.1, 0.15) is 0 Å². The first kappa shape index (κ1) is 20.4. The van der Waals surface area contributed by atoms with E-state index in [1.54, 1.807) is 0 Å². The maximum atomic E-state index is 2.50. The third kappa shape index (κ3) is 6.37. The van der Waals surface area contributed by atoms with E-state index in [0.29, 0.717) is 5.92 Å². The predicted octanol–water partition coefficient (Wildman–Crippen LogP) is 8.55. The molecule has 27 heavy (non-hydrogen) atoms. The highest BCUT2D eigenvalue weighted by Gasteiger charge is 2.18. The Morgan fingerprint density at radius 2 is 1.63 bits per heavy atom. The molecule has 0 aliphatic heterocycles. The molecule has 1 aromatic rings. The van der Waals surface area contributed by atoms with Gasteiger partial charge in [0.2, 0.25) is 0 Å². The van der Waals surface area contributed by atoms with Crippen molar-refractivity contribution in [3.63, 3.8) is 0 Å². The van der Waals surface area contributed by atoms with Crippen LogP contribution in [0.2, 0.25) is 0 Å². The van der Waals surface area contributed by atoms with Gasteiger partial charge in [-0.2, -0.15) is 0 Å². The van der Waals surface area contributed by atoms with Crippen molar-refractivity contribution in [3.05, 3.63) is 53.6 Å². The summed E-state index contributed by atoms with van der Waals surface area (Å²) in [5, 5.41) is 0. The van der Waals surface area contributed by atoms with Crippen LogP contribution in [0.5, 0.6) is 0 Å². The highest BCUT2D eigenvalue weighted by atomic mass is 14.2. The summed E-state index contributed by atoms with van der Waals surface area (Å²) in [5.74, 6) is 3.26. The van der Waals surface area contributed by atoms with Crippen LogP contribution in [0.1, 0.15) is 102 Å². The van der Waals surface area contributed by atoms with Gasteiger partial charge >= 0.3 is 0 Å². The van der Waals surface area contributed by atoms with Crippen LogP contribution in [0.3, 0.4) is 0 Å². The number of allylic oxidation sites excluding steroid dienone is 3. The Bertz CT molecular complexity index is 583. The number of benzene rings is 1. The first-order valence-electron chi connectivity index (χ1n) is 11.7. The summed E-state index contributed by atoms with van der Waals surface area (Å²) < 4.78 is 0. The van der Waals surface area contributed by atoms with E-state index < -0.39 is 0 Å². The van der Waals surface area contributed by atoms with Gasteiger partial charge in [0.25, 0.3) is 0 Å². The van der Waals surface area contributed by atoms with Gasteiger partial charge in [0.15, 0.2) is 0 Å². The van der Waals surface area contributed by atoms with Gasteiger partial charge < -0.3 is 0 Å². The number of hydrogen-bond acceptors (Lipinski definition) is 0. The molecule has 148 valence electrons. The molecule has 0 nitrogen and oxygen atoms in total. The molecule has 0 aromatic heterocycles. The van der Waals surface area contributed by atoms with E-state index >= 15 is 0 Å². The van der Waals surface area contributed by atoms with Crippen molar-refractivity contribution in [2.75, 3.05) is 0 Å². The number of rotatable bonds is 8. The zero-order valence-corrected chi connectivity index (χ0v) is 17.7. The summed E-state index contributed by atoms with van der Waals surface area (Å²) in [4.78, 5) is 0. The van der Waals surface area contributed by atoms with Crippen LogP contribution in [0, 0.1) is 17.8 Å². The van der Waals surface area contributed by atoms with Gasteiger partial charge in [-0.25, -0.2) is 0 Å². The lowest BCUT2D eigenvalue weighted by Crippen LogP contribution is -2.11. The van der Waals surface area contributed by atoms with Gasteiger partial charge in [-0.1, -0.05) is 88.1 Å². The molecule has 0 radical (unpaired) electrons. The van der Waals surface area contributed by atoms with Crippen LogP contribution in [0.25, 0.3) is 6.08 Å². The molecule has 0 spiro atoms.